The summed E-state index contributed by atoms with van der Waals surface area (Å²) in [5, 5.41) is -0.0806. The normalized spacial score (nSPS) is 14.4. The van der Waals surface area contributed by atoms with Gasteiger partial charge in [-0.15, -0.1) is 0 Å². The van der Waals surface area contributed by atoms with E-state index in [4.69, 9.17) is 0 Å². The maximum absolute atomic E-state index is 13.8. The van der Waals surface area contributed by atoms with Crippen LogP contribution in [0, 0.1) is 11.6 Å². The maximum atomic E-state index is 13.8. The van der Waals surface area contributed by atoms with Crippen LogP contribution in [-0.2, 0) is 4.74 Å². The van der Waals surface area contributed by atoms with Gasteiger partial charge in [0, 0.05) is 11.6 Å². The number of nitrogens with one attached hydrogen (secondary N) is 1. The standard InChI is InChI=1S/C10H3F2NO3/c11-6-3-1-2-13-8(3)7(12)5-4(6)9(14)16-10(5)15/h1-2,13H. The Labute approximate surface area is 86.8 Å². The topological polar surface area (TPSA) is 59.2 Å². The Bertz CT molecular complexity index is 606. The van der Waals surface area contributed by atoms with E-state index >= 15 is 0 Å². The SMILES string of the molecule is O=C1OC(=O)c2c1c(F)c1cc[nH]c1c2F. The highest BCUT2D eigenvalue weighted by Gasteiger charge is 2.38. The van der Waals surface area contributed by atoms with Crippen LogP contribution in [0.4, 0.5) is 8.78 Å². The van der Waals surface area contributed by atoms with Gasteiger partial charge in [0.15, 0.2) is 5.82 Å². The second kappa shape index (κ2) is 2.66. The maximum Gasteiger partial charge on any atom is 0.350 e. The fourth-order valence-corrected chi connectivity index (χ4v) is 1.78. The highest BCUT2D eigenvalue weighted by atomic mass is 19.1. The minimum Gasteiger partial charge on any atom is -0.385 e. The van der Waals surface area contributed by atoms with E-state index in [1.165, 1.54) is 12.3 Å². The number of benzene rings is 1. The van der Waals surface area contributed by atoms with Crippen LogP contribution in [0.1, 0.15) is 20.7 Å². The summed E-state index contributed by atoms with van der Waals surface area (Å²) >= 11 is 0. The number of hydrogen-bond acceptors (Lipinski definition) is 3. The Balaban J connectivity index is 2.58. The van der Waals surface area contributed by atoms with E-state index in [1.54, 1.807) is 0 Å². The number of carbonyl (C=O) groups excluding carboxylic acids is 2. The lowest BCUT2D eigenvalue weighted by Gasteiger charge is -1.99. The monoisotopic (exact) mass is 223 g/mol. The molecular weight excluding hydrogens is 220 g/mol. The lowest BCUT2D eigenvalue weighted by molar-refractivity contribution is 0.0441. The summed E-state index contributed by atoms with van der Waals surface area (Å²) in [7, 11) is 0. The summed E-state index contributed by atoms with van der Waals surface area (Å²) in [5.74, 6) is -4.22. The molecule has 0 spiro atoms. The molecule has 6 heteroatoms. The predicted molar refractivity (Wildman–Crippen MR) is 48.0 cm³/mol. The molecule has 2 aromatic rings. The molecule has 1 aliphatic rings. The fourth-order valence-electron chi connectivity index (χ4n) is 1.78. The van der Waals surface area contributed by atoms with E-state index in [0.29, 0.717) is 0 Å². The first-order valence-corrected chi connectivity index (χ1v) is 4.36. The summed E-state index contributed by atoms with van der Waals surface area (Å²) < 4.78 is 31.7. The first kappa shape index (κ1) is 9.02. The number of halogens is 2. The van der Waals surface area contributed by atoms with Gasteiger partial charge in [0.05, 0.1) is 5.52 Å². The van der Waals surface area contributed by atoms with Crippen LogP contribution < -0.4 is 0 Å². The molecule has 0 bridgehead atoms. The highest BCUT2D eigenvalue weighted by molar-refractivity contribution is 6.17. The molecule has 0 saturated carbocycles. The number of ether oxygens (including phenoxy) is 1. The minimum absolute atomic E-state index is 0.0806. The summed E-state index contributed by atoms with van der Waals surface area (Å²) in [6.07, 6.45) is 1.32. The molecule has 0 atom stereocenters. The fraction of sp³-hybridized carbons (Fsp3) is 0. The van der Waals surface area contributed by atoms with Crippen molar-refractivity contribution in [3.63, 3.8) is 0 Å². The second-order valence-corrected chi connectivity index (χ2v) is 3.32. The Morgan fingerprint density at radius 3 is 2.38 bits per heavy atom. The van der Waals surface area contributed by atoms with Gasteiger partial charge in [0.25, 0.3) is 0 Å². The van der Waals surface area contributed by atoms with Gasteiger partial charge in [-0.3, -0.25) is 0 Å². The third-order valence-corrected chi connectivity index (χ3v) is 2.49. The first-order valence-electron chi connectivity index (χ1n) is 4.36. The van der Waals surface area contributed by atoms with E-state index in [1.807, 2.05) is 0 Å². The van der Waals surface area contributed by atoms with E-state index in [-0.39, 0.29) is 10.9 Å². The number of esters is 2. The lowest BCUT2D eigenvalue weighted by atomic mass is 10.1. The number of carbonyl (C=O) groups is 2. The molecule has 1 aromatic carbocycles. The van der Waals surface area contributed by atoms with E-state index in [0.717, 1.165) is 0 Å². The Morgan fingerprint density at radius 2 is 1.69 bits per heavy atom. The summed E-state index contributed by atoms with van der Waals surface area (Å²) in [4.78, 5) is 24.8. The van der Waals surface area contributed by atoms with Gasteiger partial charge in [0.2, 0.25) is 0 Å². The molecule has 0 aliphatic carbocycles. The van der Waals surface area contributed by atoms with Crippen molar-refractivity contribution in [1.82, 2.24) is 4.98 Å². The van der Waals surface area contributed by atoms with Gasteiger partial charge in [-0.05, 0) is 6.07 Å². The molecular formula is C10H3F2NO3. The van der Waals surface area contributed by atoms with Crippen LogP contribution in [0.25, 0.3) is 10.9 Å². The van der Waals surface area contributed by atoms with E-state index < -0.39 is 34.7 Å². The van der Waals surface area contributed by atoms with Crippen LogP contribution in [0.3, 0.4) is 0 Å². The van der Waals surface area contributed by atoms with Crippen LogP contribution in [0.5, 0.6) is 0 Å². The zero-order chi connectivity index (χ0) is 11.4. The average molecular weight is 223 g/mol. The second-order valence-electron chi connectivity index (χ2n) is 3.32. The molecule has 0 amide bonds. The van der Waals surface area contributed by atoms with Crippen molar-refractivity contribution in [2.45, 2.75) is 0 Å². The van der Waals surface area contributed by atoms with Crippen LogP contribution >= 0.6 is 0 Å². The predicted octanol–water partition coefficient (Wildman–Crippen LogP) is 1.76. The third kappa shape index (κ3) is 0.861. The lowest BCUT2D eigenvalue weighted by Crippen LogP contribution is -2.01. The zero-order valence-electron chi connectivity index (χ0n) is 7.64. The number of H-pyrrole nitrogens is 1. The number of rotatable bonds is 0. The van der Waals surface area contributed by atoms with Crippen molar-refractivity contribution in [2.24, 2.45) is 0 Å². The van der Waals surface area contributed by atoms with Gasteiger partial charge in [0.1, 0.15) is 16.9 Å². The van der Waals surface area contributed by atoms with Gasteiger partial charge < -0.3 is 9.72 Å². The first-order chi connectivity index (χ1) is 7.61. The summed E-state index contributed by atoms with van der Waals surface area (Å²) in [6.45, 7) is 0. The largest absolute Gasteiger partial charge is 0.385 e. The van der Waals surface area contributed by atoms with Crippen LogP contribution in [-0.4, -0.2) is 16.9 Å². The van der Waals surface area contributed by atoms with Gasteiger partial charge in [-0.1, -0.05) is 0 Å². The molecule has 1 aromatic heterocycles. The van der Waals surface area contributed by atoms with Gasteiger partial charge in [-0.2, -0.15) is 0 Å². The molecule has 0 saturated heterocycles. The Kier molecular flexibility index (Phi) is 1.50. The van der Waals surface area contributed by atoms with Gasteiger partial charge in [-0.25, -0.2) is 18.4 Å². The molecule has 0 unspecified atom stereocenters. The molecule has 4 nitrogen and oxygen atoms in total. The zero-order valence-corrected chi connectivity index (χ0v) is 7.64. The van der Waals surface area contributed by atoms with Crippen LogP contribution in [0.2, 0.25) is 0 Å². The quantitative estimate of drug-likeness (QED) is 0.546. The molecule has 3 rings (SSSR count). The molecule has 80 valence electrons. The number of aromatic amines is 1. The van der Waals surface area contributed by atoms with E-state index in [2.05, 4.69) is 9.72 Å². The molecule has 1 N–H and O–H groups in total. The third-order valence-electron chi connectivity index (χ3n) is 2.49. The number of cyclic esters (lactones) is 2. The number of aromatic nitrogens is 1. The molecule has 1 aliphatic heterocycles. The van der Waals surface area contributed by atoms with Gasteiger partial charge >= 0.3 is 11.9 Å². The van der Waals surface area contributed by atoms with Crippen molar-refractivity contribution < 1.29 is 23.1 Å². The van der Waals surface area contributed by atoms with Crippen molar-refractivity contribution in [1.29, 1.82) is 0 Å². The molecule has 0 fully saturated rings. The van der Waals surface area contributed by atoms with E-state index in [9.17, 15) is 18.4 Å². The molecule has 2 heterocycles. The molecule has 16 heavy (non-hydrogen) atoms. The Hall–Kier alpha value is -2.24. The van der Waals surface area contributed by atoms with Crippen LogP contribution in [0.15, 0.2) is 12.3 Å². The van der Waals surface area contributed by atoms with Crippen molar-refractivity contribution >= 4 is 22.8 Å². The van der Waals surface area contributed by atoms with Crippen molar-refractivity contribution in [3.8, 4) is 0 Å². The number of fused-ring (bicyclic) bond motifs is 2. The average Bonchev–Trinajstić information content (AvgIpc) is 2.80. The minimum atomic E-state index is -1.16. The number of hydrogen-bond donors (Lipinski definition) is 1. The Morgan fingerprint density at radius 1 is 1.06 bits per heavy atom. The van der Waals surface area contributed by atoms with Crippen molar-refractivity contribution in [2.75, 3.05) is 0 Å². The highest BCUT2D eigenvalue weighted by Crippen LogP contribution is 2.32. The summed E-state index contributed by atoms with van der Waals surface area (Å²) in [6, 6.07) is 1.28. The molecule has 0 radical (unpaired) electrons. The van der Waals surface area contributed by atoms with Crippen molar-refractivity contribution in [3.05, 3.63) is 35.0 Å². The summed E-state index contributed by atoms with van der Waals surface area (Å²) in [5.41, 5.74) is -1.42. The smallest absolute Gasteiger partial charge is 0.350 e.